The summed E-state index contributed by atoms with van der Waals surface area (Å²) in [6.45, 7) is 11.3. The minimum atomic E-state index is 0.967. The molecule has 0 atom stereocenters. The van der Waals surface area contributed by atoms with Gasteiger partial charge in [-0.15, -0.1) is 0 Å². The van der Waals surface area contributed by atoms with Crippen LogP contribution in [0.25, 0.3) is 0 Å². The predicted octanol–water partition coefficient (Wildman–Crippen LogP) is 1.96. The maximum absolute atomic E-state index is 3.30. The molecule has 0 radical (unpaired) electrons. The molecule has 1 N–H and O–H groups in total. The highest BCUT2D eigenvalue weighted by Gasteiger charge is 2.16. The minimum absolute atomic E-state index is 0.967. The zero-order valence-electron chi connectivity index (χ0n) is 9.77. The number of hydrogen-bond acceptors (Lipinski definition) is 2. The quantitative estimate of drug-likeness (QED) is 0.706. The summed E-state index contributed by atoms with van der Waals surface area (Å²) in [5.41, 5.74) is 0. The summed E-state index contributed by atoms with van der Waals surface area (Å²) >= 11 is 0. The van der Waals surface area contributed by atoms with Gasteiger partial charge in [0.25, 0.3) is 0 Å². The highest BCUT2D eigenvalue weighted by molar-refractivity contribution is 4.75. The predicted molar refractivity (Wildman–Crippen MR) is 60.1 cm³/mol. The molecule has 1 heterocycles. The van der Waals surface area contributed by atoms with Crippen molar-refractivity contribution < 1.29 is 0 Å². The Balaban J connectivity index is 0.000000671. The van der Waals surface area contributed by atoms with Gasteiger partial charge in [-0.05, 0) is 52.0 Å². The van der Waals surface area contributed by atoms with Crippen molar-refractivity contribution in [3.05, 3.63) is 0 Å². The van der Waals surface area contributed by atoms with E-state index in [1.54, 1.807) is 0 Å². The Kier molecular flexibility index (Phi) is 8.46. The average molecular weight is 186 g/mol. The third kappa shape index (κ3) is 6.05. The lowest BCUT2D eigenvalue weighted by atomic mass is 9.99. The lowest BCUT2D eigenvalue weighted by Gasteiger charge is -2.28. The second-order valence-corrected chi connectivity index (χ2v) is 3.62. The molecule has 2 nitrogen and oxygen atoms in total. The lowest BCUT2D eigenvalue weighted by Crippen LogP contribution is -2.43. The summed E-state index contributed by atoms with van der Waals surface area (Å²) in [7, 11) is 2.22. The second kappa shape index (κ2) is 8.52. The fraction of sp³-hybridized carbons (Fsp3) is 1.00. The number of nitrogens with one attached hydrogen (secondary N) is 1. The Morgan fingerprint density at radius 3 is 2.23 bits per heavy atom. The van der Waals surface area contributed by atoms with Crippen molar-refractivity contribution in [1.29, 1.82) is 0 Å². The van der Waals surface area contributed by atoms with Gasteiger partial charge in [-0.2, -0.15) is 0 Å². The average Bonchev–Trinajstić information content (AvgIpc) is 2.06. The SMILES string of the molecule is CC.CCCN(C)CCC1CNC1. The van der Waals surface area contributed by atoms with Gasteiger partial charge in [-0.25, -0.2) is 0 Å². The Morgan fingerprint density at radius 1 is 1.23 bits per heavy atom. The molecule has 2 heteroatoms. The van der Waals surface area contributed by atoms with Crippen LogP contribution in [0.3, 0.4) is 0 Å². The number of hydrogen-bond donors (Lipinski definition) is 1. The molecule has 1 aliphatic rings. The Morgan fingerprint density at radius 2 is 1.85 bits per heavy atom. The molecule has 0 spiro atoms. The summed E-state index contributed by atoms with van der Waals surface area (Å²) in [5.74, 6) is 0.967. The molecule has 0 aromatic heterocycles. The molecule has 1 fully saturated rings. The normalized spacial score (nSPS) is 16.4. The van der Waals surface area contributed by atoms with Crippen molar-refractivity contribution in [3.63, 3.8) is 0 Å². The fourth-order valence-corrected chi connectivity index (χ4v) is 1.45. The molecule has 1 aliphatic heterocycles. The molecule has 1 rings (SSSR count). The van der Waals surface area contributed by atoms with Gasteiger partial charge in [0.05, 0.1) is 0 Å². The van der Waals surface area contributed by atoms with E-state index in [1.807, 2.05) is 13.8 Å². The second-order valence-electron chi connectivity index (χ2n) is 3.62. The van der Waals surface area contributed by atoms with Crippen molar-refractivity contribution >= 4 is 0 Å². The standard InChI is InChI=1S/C9H20N2.C2H6/c1-3-5-11(2)6-4-9-7-10-8-9;1-2/h9-10H,3-8H2,1-2H3;1-2H3. The summed E-state index contributed by atoms with van der Waals surface area (Å²) in [5, 5.41) is 3.30. The van der Waals surface area contributed by atoms with Gasteiger partial charge in [0.1, 0.15) is 0 Å². The van der Waals surface area contributed by atoms with Crippen LogP contribution in [0.4, 0.5) is 0 Å². The third-order valence-electron chi connectivity index (χ3n) is 2.39. The van der Waals surface area contributed by atoms with Crippen LogP contribution in [0.15, 0.2) is 0 Å². The van der Waals surface area contributed by atoms with Crippen LogP contribution in [0.1, 0.15) is 33.6 Å². The van der Waals surface area contributed by atoms with E-state index in [2.05, 4.69) is 24.2 Å². The van der Waals surface area contributed by atoms with Crippen molar-refractivity contribution in [1.82, 2.24) is 10.2 Å². The monoisotopic (exact) mass is 186 g/mol. The molecule has 0 aliphatic carbocycles. The van der Waals surface area contributed by atoms with Crippen LogP contribution >= 0.6 is 0 Å². The number of nitrogens with zero attached hydrogens (tertiary/aromatic N) is 1. The molecule has 0 aromatic carbocycles. The van der Waals surface area contributed by atoms with E-state index in [9.17, 15) is 0 Å². The zero-order valence-corrected chi connectivity index (χ0v) is 9.77. The van der Waals surface area contributed by atoms with Crippen LogP contribution in [-0.4, -0.2) is 38.1 Å². The maximum atomic E-state index is 3.30. The van der Waals surface area contributed by atoms with Crippen molar-refractivity contribution in [2.24, 2.45) is 5.92 Å². The first-order valence-corrected chi connectivity index (χ1v) is 5.72. The zero-order chi connectivity index (χ0) is 10.1. The minimum Gasteiger partial charge on any atom is -0.316 e. The summed E-state index contributed by atoms with van der Waals surface area (Å²) in [6.07, 6.45) is 2.66. The highest BCUT2D eigenvalue weighted by atomic mass is 15.1. The molecule has 0 amide bonds. The van der Waals surface area contributed by atoms with Gasteiger partial charge in [0.2, 0.25) is 0 Å². The Labute approximate surface area is 83.7 Å². The van der Waals surface area contributed by atoms with Crippen molar-refractivity contribution in [3.8, 4) is 0 Å². The molecule has 13 heavy (non-hydrogen) atoms. The summed E-state index contributed by atoms with van der Waals surface area (Å²) < 4.78 is 0. The third-order valence-corrected chi connectivity index (χ3v) is 2.39. The van der Waals surface area contributed by atoms with E-state index in [0.717, 1.165) is 5.92 Å². The van der Waals surface area contributed by atoms with Gasteiger partial charge in [-0.3, -0.25) is 0 Å². The first kappa shape index (κ1) is 12.9. The summed E-state index contributed by atoms with van der Waals surface area (Å²) in [4.78, 5) is 2.43. The van der Waals surface area contributed by atoms with E-state index in [-0.39, 0.29) is 0 Å². The molecule has 80 valence electrons. The highest BCUT2D eigenvalue weighted by Crippen LogP contribution is 2.08. The van der Waals surface area contributed by atoms with Crippen LogP contribution in [-0.2, 0) is 0 Å². The molecule has 0 saturated carbocycles. The van der Waals surface area contributed by atoms with Crippen molar-refractivity contribution in [2.45, 2.75) is 33.6 Å². The maximum Gasteiger partial charge on any atom is -0.000778 e. The van der Waals surface area contributed by atoms with Gasteiger partial charge in [0, 0.05) is 0 Å². The summed E-state index contributed by atoms with van der Waals surface area (Å²) in [6, 6.07) is 0. The smallest absolute Gasteiger partial charge is 0.000778 e. The Hall–Kier alpha value is -0.0800. The van der Waals surface area contributed by atoms with E-state index in [0.29, 0.717) is 0 Å². The van der Waals surface area contributed by atoms with Crippen molar-refractivity contribution in [2.75, 3.05) is 33.2 Å². The first-order valence-electron chi connectivity index (χ1n) is 5.72. The van der Waals surface area contributed by atoms with Gasteiger partial charge < -0.3 is 10.2 Å². The van der Waals surface area contributed by atoms with Crippen LogP contribution in [0.2, 0.25) is 0 Å². The van der Waals surface area contributed by atoms with Crippen LogP contribution < -0.4 is 5.32 Å². The molecule has 0 unspecified atom stereocenters. The van der Waals surface area contributed by atoms with Gasteiger partial charge in [0.15, 0.2) is 0 Å². The topological polar surface area (TPSA) is 15.3 Å². The van der Waals surface area contributed by atoms with E-state index in [4.69, 9.17) is 0 Å². The molecular formula is C11H26N2. The van der Waals surface area contributed by atoms with Gasteiger partial charge in [-0.1, -0.05) is 20.8 Å². The van der Waals surface area contributed by atoms with E-state index >= 15 is 0 Å². The largest absolute Gasteiger partial charge is 0.316 e. The molecule has 0 bridgehead atoms. The van der Waals surface area contributed by atoms with E-state index < -0.39 is 0 Å². The van der Waals surface area contributed by atoms with Crippen LogP contribution in [0.5, 0.6) is 0 Å². The fourth-order valence-electron chi connectivity index (χ4n) is 1.45. The van der Waals surface area contributed by atoms with Crippen LogP contribution in [0, 0.1) is 5.92 Å². The number of rotatable bonds is 5. The Bertz CT molecular complexity index is 100. The van der Waals surface area contributed by atoms with E-state index in [1.165, 1.54) is 39.0 Å². The van der Waals surface area contributed by atoms with Gasteiger partial charge >= 0.3 is 0 Å². The molecule has 0 aromatic rings. The molecule has 1 saturated heterocycles. The molecular weight excluding hydrogens is 160 g/mol. The lowest BCUT2D eigenvalue weighted by molar-refractivity contribution is 0.257. The first-order chi connectivity index (χ1) is 6.33.